The van der Waals surface area contributed by atoms with Gasteiger partial charge in [0.25, 0.3) is 0 Å². The van der Waals surface area contributed by atoms with Crippen LogP contribution in [-0.4, -0.2) is 9.52 Å². The predicted molar refractivity (Wildman–Crippen MR) is 52.3 cm³/mol. The molecule has 0 saturated carbocycles. The van der Waals surface area contributed by atoms with Crippen LogP contribution in [0.25, 0.3) is 0 Å². The van der Waals surface area contributed by atoms with Crippen LogP contribution >= 0.6 is 31.9 Å². The SMILES string of the molecule is O=C(c1cc(F)ccc1F)C(Br)Br. The highest BCUT2D eigenvalue weighted by molar-refractivity contribution is 9.25. The van der Waals surface area contributed by atoms with Gasteiger partial charge in [-0.2, -0.15) is 0 Å². The highest BCUT2D eigenvalue weighted by Gasteiger charge is 2.17. The van der Waals surface area contributed by atoms with Gasteiger partial charge in [0.05, 0.1) is 5.56 Å². The molecule has 0 radical (unpaired) electrons. The second-order valence-corrected chi connectivity index (χ2v) is 5.35. The number of carbonyl (C=O) groups is 1. The fourth-order valence-electron chi connectivity index (χ4n) is 0.804. The fraction of sp³-hybridized carbons (Fsp3) is 0.125. The summed E-state index contributed by atoms with van der Waals surface area (Å²) in [6, 6.07) is 2.75. The Morgan fingerprint density at radius 2 is 1.92 bits per heavy atom. The van der Waals surface area contributed by atoms with Crippen molar-refractivity contribution in [1.29, 1.82) is 0 Å². The van der Waals surface area contributed by atoms with Crippen LogP contribution in [-0.2, 0) is 0 Å². The summed E-state index contributed by atoms with van der Waals surface area (Å²) in [5.74, 6) is -1.90. The number of carbonyl (C=O) groups excluding carboxylic acids is 1. The minimum atomic E-state index is -0.727. The zero-order valence-electron chi connectivity index (χ0n) is 6.23. The maximum atomic E-state index is 13.0. The summed E-state index contributed by atoms with van der Waals surface area (Å²) >= 11 is 5.83. The molecule has 0 amide bonds. The minimum absolute atomic E-state index is 0.265. The van der Waals surface area contributed by atoms with Crippen LogP contribution in [0, 0.1) is 11.6 Å². The molecule has 0 unspecified atom stereocenters. The quantitative estimate of drug-likeness (QED) is 0.605. The third-order valence-corrected chi connectivity index (χ3v) is 2.22. The lowest BCUT2D eigenvalue weighted by atomic mass is 10.1. The number of alkyl halides is 2. The van der Waals surface area contributed by atoms with Crippen molar-refractivity contribution in [2.45, 2.75) is 3.74 Å². The number of benzene rings is 1. The molecule has 0 fully saturated rings. The van der Waals surface area contributed by atoms with Gasteiger partial charge in [-0.05, 0) is 18.2 Å². The Balaban J connectivity index is 3.13. The van der Waals surface area contributed by atoms with Crippen molar-refractivity contribution in [3.63, 3.8) is 0 Å². The van der Waals surface area contributed by atoms with Gasteiger partial charge in [-0.3, -0.25) is 4.79 Å². The van der Waals surface area contributed by atoms with E-state index >= 15 is 0 Å². The molecule has 0 aromatic heterocycles. The van der Waals surface area contributed by atoms with Crippen LogP contribution in [0.1, 0.15) is 10.4 Å². The molecule has 1 nitrogen and oxygen atoms in total. The van der Waals surface area contributed by atoms with Gasteiger partial charge in [-0.1, -0.05) is 31.9 Å². The molecule has 0 bridgehead atoms. The van der Waals surface area contributed by atoms with E-state index in [-0.39, 0.29) is 5.56 Å². The van der Waals surface area contributed by atoms with Crippen LogP contribution in [0.4, 0.5) is 8.78 Å². The third kappa shape index (κ3) is 2.57. The van der Waals surface area contributed by atoms with Crippen molar-refractivity contribution < 1.29 is 13.6 Å². The largest absolute Gasteiger partial charge is 0.292 e. The first-order valence-corrected chi connectivity index (χ1v) is 5.13. The lowest BCUT2D eigenvalue weighted by Gasteiger charge is -2.02. The molecule has 1 rings (SSSR count). The third-order valence-electron chi connectivity index (χ3n) is 1.39. The smallest absolute Gasteiger partial charge is 0.190 e. The zero-order chi connectivity index (χ0) is 10.0. The highest BCUT2D eigenvalue weighted by Crippen LogP contribution is 2.18. The first kappa shape index (κ1) is 10.8. The lowest BCUT2D eigenvalue weighted by Crippen LogP contribution is -2.09. The summed E-state index contributed by atoms with van der Waals surface area (Å²) in [6.45, 7) is 0. The molecule has 70 valence electrons. The fourth-order valence-corrected chi connectivity index (χ4v) is 1.30. The second-order valence-electron chi connectivity index (χ2n) is 2.29. The summed E-state index contributed by atoms with van der Waals surface area (Å²) in [4.78, 5) is 11.2. The van der Waals surface area contributed by atoms with E-state index in [1.54, 1.807) is 0 Å². The Morgan fingerprint density at radius 3 is 2.46 bits per heavy atom. The van der Waals surface area contributed by atoms with Gasteiger partial charge in [0, 0.05) is 0 Å². The lowest BCUT2D eigenvalue weighted by molar-refractivity contribution is 0.101. The molecular weight excluding hydrogens is 310 g/mol. The van der Waals surface area contributed by atoms with E-state index in [9.17, 15) is 13.6 Å². The first-order valence-electron chi connectivity index (χ1n) is 3.30. The Morgan fingerprint density at radius 1 is 1.31 bits per heavy atom. The van der Waals surface area contributed by atoms with Crippen molar-refractivity contribution in [2.75, 3.05) is 0 Å². The molecular formula is C8H4Br2F2O. The van der Waals surface area contributed by atoms with Crippen molar-refractivity contribution >= 4 is 37.6 Å². The standard InChI is InChI=1S/C8H4Br2F2O/c9-8(10)7(13)5-3-4(11)1-2-6(5)12/h1-3,8H. The van der Waals surface area contributed by atoms with Crippen LogP contribution in [0.3, 0.4) is 0 Å². The van der Waals surface area contributed by atoms with Crippen LogP contribution < -0.4 is 0 Å². The van der Waals surface area contributed by atoms with Gasteiger partial charge in [0.15, 0.2) is 5.78 Å². The predicted octanol–water partition coefficient (Wildman–Crippen LogP) is 3.26. The maximum Gasteiger partial charge on any atom is 0.190 e. The van der Waals surface area contributed by atoms with Crippen LogP contribution in [0.2, 0.25) is 0 Å². The number of halogens is 4. The topological polar surface area (TPSA) is 17.1 Å². The Hall–Kier alpha value is -0.290. The van der Waals surface area contributed by atoms with Crippen molar-refractivity contribution in [1.82, 2.24) is 0 Å². The Kier molecular flexibility index (Phi) is 3.55. The summed E-state index contributed by atoms with van der Waals surface area (Å²) in [7, 11) is 0. The van der Waals surface area contributed by atoms with E-state index in [1.807, 2.05) is 0 Å². The summed E-state index contributed by atoms with van der Waals surface area (Å²) in [6.07, 6.45) is 0. The molecule has 0 aliphatic rings. The Bertz CT molecular complexity index is 339. The maximum absolute atomic E-state index is 13.0. The molecule has 0 aliphatic heterocycles. The number of rotatable bonds is 2. The molecule has 0 heterocycles. The minimum Gasteiger partial charge on any atom is -0.292 e. The Labute approximate surface area is 90.4 Å². The number of hydrogen-bond donors (Lipinski definition) is 0. The molecule has 1 aromatic carbocycles. The molecule has 0 atom stereocenters. The van der Waals surface area contributed by atoms with E-state index in [4.69, 9.17) is 0 Å². The molecule has 1 aromatic rings. The van der Waals surface area contributed by atoms with E-state index in [1.165, 1.54) is 0 Å². The normalized spacial score (nSPS) is 10.5. The molecule has 0 N–H and O–H groups in total. The summed E-state index contributed by atoms with van der Waals surface area (Å²) in [5.41, 5.74) is -0.265. The molecule has 0 saturated heterocycles. The van der Waals surface area contributed by atoms with Crippen LogP contribution in [0.15, 0.2) is 18.2 Å². The van der Waals surface area contributed by atoms with Gasteiger partial charge in [-0.25, -0.2) is 8.78 Å². The van der Waals surface area contributed by atoms with E-state index in [0.29, 0.717) is 0 Å². The van der Waals surface area contributed by atoms with Crippen molar-refractivity contribution in [3.8, 4) is 0 Å². The summed E-state index contributed by atoms with van der Waals surface area (Å²) in [5, 5.41) is 0. The van der Waals surface area contributed by atoms with E-state index < -0.39 is 21.2 Å². The second kappa shape index (κ2) is 4.28. The zero-order valence-corrected chi connectivity index (χ0v) is 9.40. The van der Waals surface area contributed by atoms with Gasteiger partial charge < -0.3 is 0 Å². The van der Waals surface area contributed by atoms with Crippen molar-refractivity contribution in [3.05, 3.63) is 35.4 Å². The molecule has 5 heteroatoms. The van der Waals surface area contributed by atoms with E-state index in [0.717, 1.165) is 18.2 Å². The van der Waals surface area contributed by atoms with Gasteiger partial charge in [0.2, 0.25) is 0 Å². The summed E-state index contributed by atoms with van der Waals surface area (Å²) < 4.78 is 24.9. The van der Waals surface area contributed by atoms with Gasteiger partial charge in [0.1, 0.15) is 15.4 Å². The highest BCUT2D eigenvalue weighted by atomic mass is 79.9. The average Bonchev–Trinajstić information content (AvgIpc) is 2.08. The first-order chi connectivity index (χ1) is 6.02. The molecule has 0 spiro atoms. The monoisotopic (exact) mass is 312 g/mol. The van der Waals surface area contributed by atoms with Crippen LogP contribution in [0.5, 0.6) is 0 Å². The number of hydrogen-bond acceptors (Lipinski definition) is 1. The van der Waals surface area contributed by atoms with Gasteiger partial charge >= 0.3 is 0 Å². The van der Waals surface area contributed by atoms with E-state index in [2.05, 4.69) is 31.9 Å². The van der Waals surface area contributed by atoms with Gasteiger partial charge in [-0.15, -0.1) is 0 Å². The average molecular weight is 314 g/mol. The molecule has 13 heavy (non-hydrogen) atoms. The number of ketones is 1. The number of Topliss-reactive ketones (excluding diaryl/α,β-unsaturated/α-hetero) is 1. The van der Waals surface area contributed by atoms with Crippen molar-refractivity contribution in [2.24, 2.45) is 0 Å². The molecule has 0 aliphatic carbocycles.